The van der Waals surface area contributed by atoms with Crippen molar-refractivity contribution in [3.63, 3.8) is 0 Å². The van der Waals surface area contributed by atoms with Crippen molar-refractivity contribution in [2.45, 2.75) is 32.7 Å². The molecule has 6 nitrogen and oxygen atoms in total. The lowest BCUT2D eigenvalue weighted by molar-refractivity contribution is 0.0697. The Hall–Kier alpha value is -2.86. The van der Waals surface area contributed by atoms with Gasteiger partial charge in [0, 0.05) is 30.9 Å². The van der Waals surface area contributed by atoms with Gasteiger partial charge in [-0.3, -0.25) is 4.79 Å². The normalized spacial score (nSPS) is 15.6. The first-order chi connectivity index (χ1) is 14.8. The number of hydrogen-bond acceptors (Lipinski definition) is 3. The largest absolute Gasteiger partial charge is 0.339 e. The average Bonchev–Trinajstić information content (AvgIpc) is 2.75. The van der Waals surface area contributed by atoms with Crippen molar-refractivity contribution < 1.29 is 9.59 Å². The number of urea groups is 1. The van der Waals surface area contributed by atoms with E-state index in [-0.39, 0.29) is 18.0 Å². The average molecular weight is 423 g/mol. The minimum atomic E-state index is -0.261. The summed E-state index contributed by atoms with van der Waals surface area (Å²) in [5.74, 6) is 0.754. The smallest absolute Gasteiger partial charge is 0.319 e. The van der Waals surface area contributed by atoms with Crippen LogP contribution in [0, 0.1) is 12.8 Å². The Morgan fingerprint density at radius 2 is 1.77 bits per heavy atom. The molecule has 2 aromatic carbocycles. The number of likely N-dealkylation sites (tertiary alicyclic amines) is 1. The number of nitrogens with zero attached hydrogens (tertiary/aromatic N) is 2. The highest BCUT2D eigenvalue weighted by molar-refractivity contribution is 5.96. The van der Waals surface area contributed by atoms with Crippen LogP contribution in [0.15, 0.2) is 48.5 Å². The molecule has 0 aliphatic carbocycles. The first-order valence-electron chi connectivity index (χ1n) is 11.0. The van der Waals surface area contributed by atoms with Gasteiger partial charge in [-0.1, -0.05) is 37.3 Å². The number of carbonyl (C=O) groups excluding carboxylic acids is 2. The molecule has 0 aromatic heterocycles. The van der Waals surface area contributed by atoms with E-state index < -0.39 is 0 Å². The molecule has 2 aromatic rings. The lowest BCUT2D eigenvalue weighted by atomic mass is 9.98. The number of piperidine rings is 1. The van der Waals surface area contributed by atoms with E-state index in [9.17, 15) is 9.59 Å². The fourth-order valence-corrected chi connectivity index (χ4v) is 3.93. The summed E-state index contributed by atoms with van der Waals surface area (Å²) in [6.45, 7) is 6.47. The summed E-state index contributed by atoms with van der Waals surface area (Å²) in [7, 11) is 3.97. The molecule has 1 heterocycles. The number of hydrogen-bond donors (Lipinski definition) is 2. The van der Waals surface area contributed by atoms with Crippen molar-refractivity contribution >= 4 is 17.6 Å². The fraction of sp³-hybridized carbons (Fsp3) is 0.440. The van der Waals surface area contributed by atoms with Crippen LogP contribution in [0.25, 0.3) is 0 Å². The van der Waals surface area contributed by atoms with Crippen LogP contribution in [-0.4, -0.2) is 55.5 Å². The second-order valence-electron chi connectivity index (χ2n) is 8.83. The Kier molecular flexibility index (Phi) is 7.69. The molecule has 0 spiro atoms. The topological polar surface area (TPSA) is 64.7 Å². The Balaban J connectivity index is 1.65. The predicted octanol–water partition coefficient (Wildman–Crippen LogP) is 4.29. The van der Waals surface area contributed by atoms with Crippen LogP contribution in [0.1, 0.15) is 47.3 Å². The number of nitrogens with one attached hydrogen (secondary N) is 2. The summed E-state index contributed by atoms with van der Waals surface area (Å²) >= 11 is 0. The van der Waals surface area contributed by atoms with E-state index in [1.807, 2.05) is 73.3 Å². The molecule has 31 heavy (non-hydrogen) atoms. The van der Waals surface area contributed by atoms with Crippen LogP contribution < -0.4 is 10.6 Å². The van der Waals surface area contributed by atoms with Gasteiger partial charge in [-0.2, -0.15) is 0 Å². The maximum Gasteiger partial charge on any atom is 0.319 e. The number of amides is 3. The number of benzene rings is 2. The summed E-state index contributed by atoms with van der Waals surface area (Å²) in [5.41, 5.74) is 3.31. The van der Waals surface area contributed by atoms with Gasteiger partial charge in [0.05, 0.1) is 6.04 Å². The summed E-state index contributed by atoms with van der Waals surface area (Å²) in [6.07, 6.45) is 2.11. The van der Waals surface area contributed by atoms with Gasteiger partial charge in [0.2, 0.25) is 0 Å². The Bertz CT molecular complexity index is 890. The van der Waals surface area contributed by atoms with Crippen LogP contribution >= 0.6 is 0 Å². The zero-order valence-electron chi connectivity index (χ0n) is 19.0. The third-order valence-corrected chi connectivity index (χ3v) is 5.85. The summed E-state index contributed by atoms with van der Waals surface area (Å²) < 4.78 is 0. The monoisotopic (exact) mass is 422 g/mol. The zero-order valence-corrected chi connectivity index (χ0v) is 19.0. The highest BCUT2D eigenvalue weighted by atomic mass is 16.2. The Morgan fingerprint density at radius 3 is 2.39 bits per heavy atom. The molecular formula is C25H34N4O2. The fourth-order valence-electron chi connectivity index (χ4n) is 3.93. The minimum Gasteiger partial charge on any atom is -0.339 e. The first kappa shape index (κ1) is 22.8. The highest BCUT2D eigenvalue weighted by Crippen LogP contribution is 2.22. The summed E-state index contributed by atoms with van der Waals surface area (Å²) in [6, 6.07) is 15.0. The van der Waals surface area contributed by atoms with E-state index in [4.69, 9.17) is 0 Å². The zero-order chi connectivity index (χ0) is 22.4. The van der Waals surface area contributed by atoms with Crippen molar-refractivity contribution in [2.75, 3.05) is 39.0 Å². The molecule has 1 unspecified atom stereocenters. The molecule has 1 aliphatic heterocycles. The van der Waals surface area contributed by atoms with E-state index in [1.165, 1.54) is 0 Å². The molecule has 6 heteroatoms. The molecule has 1 aliphatic rings. The number of rotatable bonds is 6. The molecule has 0 radical (unpaired) electrons. The molecular weight excluding hydrogens is 388 g/mol. The van der Waals surface area contributed by atoms with Crippen LogP contribution in [0.2, 0.25) is 0 Å². The molecule has 3 rings (SSSR count). The maximum atomic E-state index is 12.8. The summed E-state index contributed by atoms with van der Waals surface area (Å²) in [5, 5.41) is 6.01. The molecule has 166 valence electrons. The van der Waals surface area contributed by atoms with Gasteiger partial charge in [-0.15, -0.1) is 0 Å². The quantitative estimate of drug-likeness (QED) is 0.730. The van der Waals surface area contributed by atoms with E-state index in [0.29, 0.717) is 23.7 Å². The molecule has 1 atom stereocenters. The van der Waals surface area contributed by atoms with Crippen molar-refractivity contribution in [2.24, 2.45) is 5.92 Å². The third-order valence-electron chi connectivity index (χ3n) is 5.85. The summed E-state index contributed by atoms with van der Waals surface area (Å²) in [4.78, 5) is 29.5. The SMILES string of the molecule is Cc1cc(C(=O)N2CCC(C)CC2)ccc1NC(=O)NC(CN(C)C)c1ccccc1. The van der Waals surface area contributed by atoms with Crippen LogP contribution in [0.5, 0.6) is 0 Å². The first-order valence-corrected chi connectivity index (χ1v) is 11.0. The van der Waals surface area contributed by atoms with Crippen LogP contribution in [-0.2, 0) is 0 Å². The molecule has 0 saturated carbocycles. The molecule has 3 amide bonds. The number of carbonyl (C=O) groups is 2. The second kappa shape index (κ2) is 10.4. The van der Waals surface area contributed by atoms with Gasteiger partial charge in [0.15, 0.2) is 0 Å². The number of anilines is 1. The lowest BCUT2D eigenvalue weighted by Gasteiger charge is -2.30. The van der Waals surface area contributed by atoms with E-state index in [0.717, 1.165) is 37.1 Å². The van der Waals surface area contributed by atoms with Gasteiger partial charge >= 0.3 is 6.03 Å². The van der Waals surface area contributed by atoms with E-state index in [2.05, 4.69) is 17.6 Å². The molecule has 0 bridgehead atoms. The van der Waals surface area contributed by atoms with Gasteiger partial charge in [-0.05, 0) is 69.1 Å². The van der Waals surface area contributed by atoms with Crippen LogP contribution in [0.4, 0.5) is 10.5 Å². The molecule has 1 saturated heterocycles. The van der Waals surface area contributed by atoms with Crippen molar-refractivity contribution in [1.82, 2.24) is 15.1 Å². The standard InChI is InChI=1S/C25H34N4O2/c1-18-12-14-29(15-13-18)24(30)21-10-11-22(19(2)16-21)26-25(31)27-23(17-28(3)4)20-8-6-5-7-9-20/h5-11,16,18,23H,12-15,17H2,1-4H3,(H2,26,27,31). The van der Waals surface area contributed by atoms with E-state index >= 15 is 0 Å². The van der Waals surface area contributed by atoms with Crippen LogP contribution in [0.3, 0.4) is 0 Å². The van der Waals surface area contributed by atoms with Crippen molar-refractivity contribution in [3.05, 3.63) is 65.2 Å². The second-order valence-corrected chi connectivity index (χ2v) is 8.83. The Labute approximate surface area is 185 Å². The van der Waals surface area contributed by atoms with Crippen molar-refractivity contribution in [1.29, 1.82) is 0 Å². The van der Waals surface area contributed by atoms with Gasteiger partial charge in [-0.25, -0.2) is 4.79 Å². The maximum absolute atomic E-state index is 12.8. The lowest BCUT2D eigenvalue weighted by Crippen LogP contribution is -2.38. The van der Waals surface area contributed by atoms with Gasteiger partial charge in [0.25, 0.3) is 5.91 Å². The Morgan fingerprint density at radius 1 is 1.10 bits per heavy atom. The third kappa shape index (κ3) is 6.31. The van der Waals surface area contributed by atoms with Gasteiger partial charge < -0.3 is 20.4 Å². The highest BCUT2D eigenvalue weighted by Gasteiger charge is 2.22. The minimum absolute atomic E-state index is 0.0705. The number of likely N-dealkylation sites (N-methyl/N-ethyl adjacent to an activating group) is 1. The van der Waals surface area contributed by atoms with E-state index in [1.54, 1.807) is 6.07 Å². The molecule has 2 N–H and O–H groups in total. The van der Waals surface area contributed by atoms with Crippen molar-refractivity contribution in [3.8, 4) is 0 Å². The predicted molar refractivity (Wildman–Crippen MR) is 125 cm³/mol. The van der Waals surface area contributed by atoms with Gasteiger partial charge in [0.1, 0.15) is 0 Å². The molecule has 1 fully saturated rings. The number of aryl methyl sites for hydroxylation is 1.